The van der Waals surface area contributed by atoms with Crippen LogP contribution >= 0.6 is 0 Å². The van der Waals surface area contributed by atoms with Crippen molar-refractivity contribution in [3.8, 4) is 0 Å². The third-order valence-corrected chi connectivity index (χ3v) is 9.81. The molecule has 3 nitrogen and oxygen atoms in total. The van der Waals surface area contributed by atoms with Crippen LogP contribution in [0.5, 0.6) is 0 Å². The third-order valence-electron chi connectivity index (χ3n) is 4.81. The van der Waals surface area contributed by atoms with Gasteiger partial charge in [0.1, 0.15) is 0 Å². The summed E-state index contributed by atoms with van der Waals surface area (Å²) >= 11 is -1.69. The minimum absolute atomic E-state index is 1.25. The molecule has 4 heteroatoms. The van der Waals surface area contributed by atoms with Gasteiger partial charge in [0.2, 0.25) is 0 Å². The Bertz CT molecular complexity index is 812. The van der Waals surface area contributed by atoms with Crippen LogP contribution in [0, 0.1) is 0 Å². The van der Waals surface area contributed by atoms with Gasteiger partial charge in [-0.1, -0.05) is 0 Å². The van der Waals surface area contributed by atoms with Gasteiger partial charge in [0, 0.05) is 0 Å². The van der Waals surface area contributed by atoms with Gasteiger partial charge in [-0.05, 0) is 0 Å². The summed E-state index contributed by atoms with van der Waals surface area (Å²) in [5.74, 6) is 0. The second-order valence-electron chi connectivity index (χ2n) is 7.58. The summed E-state index contributed by atoms with van der Waals surface area (Å²) in [7, 11) is 12.6. The Morgan fingerprint density at radius 3 is 1.00 bits per heavy atom. The van der Waals surface area contributed by atoms with E-state index in [2.05, 4.69) is 130 Å². The molecule has 0 aliphatic carbocycles. The quantitative estimate of drug-likeness (QED) is 0.551. The van der Waals surface area contributed by atoms with E-state index in [1.54, 1.807) is 0 Å². The second kappa shape index (κ2) is 8.75. The van der Waals surface area contributed by atoms with E-state index in [1.165, 1.54) is 30.1 Å². The number of hydrogen-bond donors (Lipinski definition) is 0. The van der Waals surface area contributed by atoms with Crippen LogP contribution in [-0.4, -0.2) is 56.9 Å². The maximum absolute atomic E-state index is 2.37. The summed E-state index contributed by atoms with van der Waals surface area (Å²) in [5.41, 5.74) is 3.76. The molecule has 0 amide bonds. The zero-order valence-corrected chi connectivity index (χ0v) is 19.6. The zero-order chi connectivity index (χ0) is 20.3. The van der Waals surface area contributed by atoms with Gasteiger partial charge in [0.25, 0.3) is 0 Å². The number of hydrogen-bond acceptors (Lipinski definition) is 3. The molecule has 3 rings (SSSR count). The summed E-state index contributed by atoms with van der Waals surface area (Å²) in [6.07, 6.45) is 0. The molecule has 0 atom stereocenters. The van der Waals surface area contributed by atoms with Gasteiger partial charge in [0.15, 0.2) is 0 Å². The topological polar surface area (TPSA) is 9.72 Å². The van der Waals surface area contributed by atoms with E-state index < -0.39 is 14.7 Å². The Labute approximate surface area is 174 Å². The van der Waals surface area contributed by atoms with Crippen molar-refractivity contribution in [1.29, 1.82) is 0 Å². The Kier molecular flexibility index (Phi) is 6.36. The zero-order valence-electron chi connectivity index (χ0n) is 17.7. The van der Waals surface area contributed by atoms with Gasteiger partial charge >= 0.3 is 175 Å². The molecule has 146 valence electrons. The molecular formula is C24H30AsN3. The molecule has 0 aliphatic heterocycles. The maximum atomic E-state index is 2.37. The van der Waals surface area contributed by atoms with Crippen LogP contribution in [0.25, 0.3) is 0 Å². The van der Waals surface area contributed by atoms with Crippen LogP contribution in [-0.2, 0) is 0 Å². The van der Waals surface area contributed by atoms with Gasteiger partial charge in [-0.15, -0.1) is 0 Å². The third kappa shape index (κ3) is 4.53. The van der Waals surface area contributed by atoms with E-state index in [1.807, 2.05) is 0 Å². The van der Waals surface area contributed by atoms with Crippen LogP contribution in [0.15, 0.2) is 72.8 Å². The van der Waals surface area contributed by atoms with Crippen molar-refractivity contribution in [2.45, 2.75) is 0 Å². The van der Waals surface area contributed by atoms with Gasteiger partial charge < -0.3 is 0 Å². The summed E-state index contributed by atoms with van der Waals surface area (Å²) < 4.78 is 4.35. The molecule has 0 saturated heterocycles. The Morgan fingerprint density at radius 2 is 0.750 bits per heavy atom. The fourth-order valence-corrected chi connectivity index (χ4v) is 8.18. The molecule has 0 N–H and O–H groups in total. The van der Waals surface area contributed by atoms with Crippen LogP contribution in [0.2, 0.25) is 0 Å². The molecule has 0 saturated carbocycles. The van der Waals surface area contributed by atoms with Gasteiger partial charge in [-0.25, -0.2) is 0 Å². The van der Waals surface area contributed by atoms with Gasteiger partial charge in [-0.3, -0.25) is 0 Å². The van der Waals surface area contributed by atoms with Crippen molar-refractivity contribution in [3.05, 3.63) is 72.8 Å². The number of nitrogens with zero attached hydrogens (tertiary/aromatic N) is 3. The second-order valence-corrected chi connectivity index (χ2v) is 12.2. The SMILES string of the molecule is CN(C)c1cccc([As](c2cccc(N(C)C)c2)c2cccc(N(C)C)c2)c1. The summed E-state index contributed by atoms with van der Waals surface area (Å²) in [6.45, 7) is 0. The fraction of sp³-hybridized carbons (Fsp3) is 0.250. The first-order valence-electron chi connectivity index (χ1n) is 9.49. The summed E-state index contributed by atoms with van der Waals surface area (Å²) in [6, 6.07) is 27.1. The predicted molar refractivity (Wildman–Crippen MR) is 127 cm³/mol. The minimum atomic E-state index is -1.69. The first kappa shape index (κ1) is 20.4. The fourth-order valence-electron chi connectivity index (χ4n) is 3.18. The molecule has 3 aromatic rings. The molecule has 0 aromatic heterocycles. The standard InChI is InChI=1S/C24H30AsN3/c1-26(2)22-13-7-10-19(16-22)25(20-11-8-14-23(17-20)27(3)4)21-12-9-15-24(18-21)28(5)6/h7-18H,1-6H3. The average molecular weight is 435 g/mol. The van der Waals surface area contributed by atoms with Crippen molar-refractivity contribution < 1.29 is 0 Å². The molecule has 0 spiro atoms. The van der Waals surface area contributed by atoms with Crippen molar-refractivity contribution in [1.82, 2.24) is 0 Å². The molecule has 0 fully saturated rings. The number of anilines is 3. The Morgan fingerprint density at radius 1 is 0.464 bits per heavy atom. The van der Waals surface area contributed by atoms with Gasteiger partial charge in [0.05, 0.1) is 0 Å². The predicted octanol–water partition coefficient (Wildman–Crippen LogP) is 2.40. The van der Waals surface area contributed by atoms with E-state index in [4.69, 9.17) is 0 Å². The monoisotopic (exact) mass is 435 g/mol. The normalized spacial score (nSPS) is 10.8. The van der Waals surface area contributed by atoms with E-state index in [-0.39, 0.29) is 0 Å². The van der Waals surface area contributed by atoms with Crippen molar-refractivity contribution in [2.24, 2.45) is 0 Å². The van der Waals surface area contributed by atoms with E-state index >= 15 is 0 Å². The molecule has 28 heavy (non-hydrogen) atoms. The Hall–Kier alpha value is -2.38. The van der Waals surface area contributed by atoms with E-state index in [0.29, 0.717) is 0 Å². The van der Waals surface area contributed by atoms with E-state index in [0.717, 1.165) is 0 Å². The summed E-state index contributed by atoms with van der Waals surface area (Å²) in [5, 5.41) is 0. The number of benzene rings is 3. The first-order chi connectivity index (χ1) is 13.4. The number of rotatable bonds is 6. The molecule has 0 heterocycles. The van der Waals surface area contributed by atoms with Crippen molar-refractivity contribution in [2.75, 3.05) is 57.0 Å². The summed E-state index contributed by atoms with van der Waals surface area (Å²) in [4.78, 5) is 6.55. The molecule has 0 unspecified atom stereocenters. The van der Waals surface area contributed by atoms with Gasteiger partial charge in [-0.2, -0.15) is 0 Å². The molecule has 0 radical (unpaired) electrons. The molecular weight excluding hydrogens is 405 g/mol. The molecule has 0 aliphatic rings. The Balaban J connectivity index is 2.18. The molecule has 0 bridgehead atoms. The average Bonchev–Trinajstić information content (AvgIpc) is 2.69. The van der Waals surface area contributed by atoms with Crippen LogP contribution < -0.4 is 27.8 Å². The van der Waals surface area contributed by atoms with Crippen molar-refractivity contribution >= 4 is 44.8 Å². The molecule has 3 aromatic carbocycles. The first-order valence-corrected chi connectivity index (χ1v) is 12.3. The van der Waals surface area contributed by atoms with Crippen molar-refractivity contribution in [3.63, 3.8) is 0 Å². The van der Waals surface area contributed by atoms with Crippen LogP contribution in [0.4, 0.5) is 17.1 Å². The van der Waals surface area contributed by atoms with Crippen LogP contribution in [0.1, 0.15) is 0 Å². The van der Waals surface area contributed by atoms with E-state index in [9.17, 15) is 0 Å². The van der Waals surface area contributed by atoms with Crippen LogP contribution in [0.3, 0.4) is 0 Å².